The minimum Gasteiger partial charge on any atom is -0.253 e. The summed E-state index contributed by atoms with van der Waals surface area (Å²) in [5.41, 5.74) is 0. The van der Waals surface area contributed by atoms with Crippen molar-refractivity contribution < 1.29 is 0 Å². The molecule has 1 aromatic rings. The fourth-order valence-electron chi connectivity index (χ4n) is 1.41. The lowest BCUT2D eigenvalue weighted by Gasteiger charge is -2.11. The smallest absolute Gasteiger partial charge is 0.138 e. The molecule has 1 heterocycles. The van der Waals surface area contributed by atoms with Crippen LogP contribution in [0.4, 0.5) is 0 Å². The molecular weight excluding hydrogens is 230 g/mol. The lowest BCUT2D eigenvalue weighted by molar-refractivity contribution is 0.506. The van der Waals surface area contributed by atoms with Crippen molar-refractivity contribution >= 4 is 15.9 Å². The molecule has 1 rings (SSSR count). The maximum atomic E-state index is 4.22. The van der Waals surface area contributed by atoms with Crippen molar-refractivity contribution in [1.82, 2.24) is 14.8 Å². The Balaban J connectivity index is 2.51. The van der Waals surface area contributed by atoms with Crippen LogP contribution in [-0.2, 0) is 13.5 Å². The van der Waals surface area contributed by atoms with E-state index < -0.39 is 0 Å². The van der Waals surface area contributed by atoms with Gasteiger partial charge in [0, 0.05) is 18.8 Å². The van der Waals surface area contributed by atoms with Crippen molar-refractivity contribution in [1.29, 1.82) is 0 Å². The van der Waals surface area contributed by atoms with Crippen molar-refractivity contribution in [3.63, 3.8) is 0 Å². The molecule has 0 aliphatic rings. The SMILES string of the molecule is CCCC(CBr)Cc1ncnn1C. The van der Waals surface area contributed by atoms with Crippen molar-refractivity contribution in [2.45, 2.75) is 26.2 Å². The number of halogens is 1. The number of alkyl halides is 1. The Bertz CT molecular complexity index is 247. The first-order valence-corrected chi connectivity index (χ1v) is 5.78. The van der Waals surface area contributed by atoms with Gasteiger partial charge in [-0.2, -0.15) is 5.10 Å². The average Bonchev–Trinajstić information content (AvgIpc) is 2.51. The summed E-state index contributed by atoms with van der Waals surface area (Å²) in [6, 6.07) is 0. The molecular formula is C9H16BrN3. The summed E-state index contributed by atoms with van der Waals surface area (Å²) in [5.74, 6) is 1.77. The van der Waals surface area contributed by atoms with Gasteiger partial charge in [0.25, 0.3) is 0 Å². The predicted octanol–water partition coefficient (Wildman–Crippen LogP) is 2.17. The van der Waals surface area contributed by atoms with Crippen LogP contribution in [0.5, 0.6) is 0 Å². The number of aryl methyl sites for hydroxylation is 1. The molecule has 0 bridgehead atoms. The first-order valence-electron chi connectivity index (χ1n) is 4.66. The van der Waals surface area contributed by atoms with Crippen LogP contribution in [0.25, 0.3) is 0 Å². The maximum Gasteiger partial charge on any atom is 0.138 e. The van der Waals surface area contributed by atoms with Crippen LogP contribution in [-0.4, -0.2) is 20.1 Å². The van der Waals surface area contributed by atoms with E-state index >= 15 is 0 Å². The van der Waals surface area contributed by atoms with Gasteiger partial charge in [0.2, 0.25) is 0 Å². The molecule has 74 valence electrons. The topological polar surface area (TPSA) is 30.7 Å². The molecule has 3 nitrogen and oxygen atoms in total. The van der Waals surface area contributed by atoms with Crippen LogP contribution in [0, 0.1) is 5.92 Å². The van der Waals surface area contributed by atoms with E-state index in [1.807, 2.05) is 11.7 Å². The van der Waals surface area contributed by atoms with Gasteiger partial charge in [0.1, 0.15) is 12.2 Å². The molecule has 0 saturated carbocycles. The first kappa shape index (κ1) is 10.7. The van der Waals surface area contributed by atoms with Crippen molar-refractivity contribution in [2.75, 3.05) is 5.33 Å². The molecule has 0 aromatic carbocycles. The van der Waals surface area contributed by atoms with Gasteiger partial charge < -0.3 is 0 Å². The van der Waals surface area contributed by atoms with Crippen LogP contribution in [0.15, 0.2) is 6.33 Å². The number of nitrogens with zero attached hydrogens (tertiary/aromatic N) is 3. The molecule has 0 aliphatic carbocycles. The zero-order valence-corrected chi connectivity index (χ0v) is 9.79. The van der Waals surface area contributed by atoms with Crippen LogP contribution >= 0.6 is 15.9 Å². The molecule has 0 amide bonds. The van der Waals surface area contributed by atoms with Gasteiger partial charge in [-0.05, 0) is 12.3 Å². The minimum absolute atomic E-state index is 0.688. The highest BCUT2D eigenvalue weighted by Crippen LogP contribution is 2.14. The van der Waals surface area contributed by atoms with Gasteiger partial charge >= 0.3 is 0 Å². The van der Waals surface area contributed by atoms with Gasteiger partial charge in [-0.1, -0.05) is 29.3 Å². The van der Waals surface area contributed by atoms with Crippen LogP contribution in [0.3, 0.4) is 0 Å². The first-order chi connectivity index (χ1) is 6.27. The lowest BCUT2D eigenvalue weighted by Crippen LogP contribution is -2.10. The second-order valence-corrected chi connectivity index (χ2v) is 3.96. The predicted molar refractivity (Wildman–Crippen MR) is 56.9 cm³/mol. The van der Waals surface area contributed by atoms with E-state index in [1.165, 1.54) is 12.8 Å². The monoisotopic (exact) mass is 245 g/mol. The highest BCUT2D eigenvalue weighted by Gasteiger charge is 2.10. The Kier molecular flexibility index (Phi) is 4.42. The number of rotatable bonds is 5. The molecule has 0 saturated heterocycles. The molecule has 4 heteroatoms. The minimum atomic E-state index is 0.688. The van der Waals surface area contributed by atoms with E-state index in [0.717, 1.165) is 17.6 Å². The Morgan fingerprint density at radius 2 is 2.38 bits per heavy atom. The highest BCUT2D eigenvalue weighted by molar-refractivity contribution is 9.09. The number of aromatic nitrogens is 3. The lowest BCUT2D eigenvalue weighted by atomic mass is 10.0. The summed E-state index contributed by atoms with van der Waals surface area (Å²) < 4.78 is 1.85. The van der Waals surface area contributed by atoms with E-state index in [9.17, 15) is 0 Å². The zero-order valence-electron chi connectivity index (χ0n) is 8.20. The van der Waals surface area contributed by atoms with Crippen molar-refractivity contribution in [3.8, 4) is 0 Å². The van der Waals surface area contributed by atoms with Crippen LogP contribution in [0.2, 0.25) is 0 Å². The van der Waals surface area contributed by atoms with Crippen molar-refractivity contribution in [3.05, 3.63) is 12.2 Å². The molecule has 0 spiro atoms. The molecule has 0 aliphatic heterocycles. The second-order valence-electron chi connectivity index (χ2n) is 3.31. The Morgan fingerprint density at radius 3 is 2.85 bits per heavy atom. The van der Waals surface area contributed by atoms with Gasteiger partial charge in [0.05, 0.1) is 0 Å². The third-order valence-electron chi connectivity index (χ3n) is 2.19. The van der Waals surface area contributed by atoms with Gasteiger partial charge in [-0.25, -0.2) is 4.98 Å². The fourth-order valence-corrected chi connectivity index (χ4v) is 1.96. The summed E-state index contributed by atoms with van der Waals surface area (Å²) in [4.78, 5) is 4.22. The second kappa shape index (κ2) is 5.37. The Labute approximate surface area is 87.7 Å². The molecule has 0 N–H and O–H groups in total. The van der Waals surface area contributed by atoms with Crippen molar-refractivity contribution in [2.24, 2.45) is 13.0 Å². The number of hydrogen-bond acceptors (Lipinski definition) is 2. The van der Waals surface area contributed by atoms with E-state index in [0.29, 0.717) is 5.92 Å². The summed E-state index contributed by atoms with van der Waals surface area (Å²) >= 11 is 3.53. The van der Waals surface area contributed by atoms with E-state index in [-0.39, 0.29) is 0 Å². The van der Waals surface area contributed by atoms with Crippen LogP contribution < -0.4 is 0 Å². The zero-order chi connectivity index (χ0) is 9.68. The van der Waals surface area contributed by atoms with E-state index in [1.54, 1.807) is 6.33 Å². The normalized spacial score (nSPS) is 13.2. The van der Waals surface area contributed by atoms with Gasteiger partial charge in [0.15, 0.2) is 0 Å². The molecule has 1 aromatic heterocycles. The Hall–Kier alpha value is -0.380. The molecule has 1 atom stereocenters. The largest absolute Gasteiger partial charge is 0.253 e. The average molecular weight is 246 g/mol. The number of hydrogen-bond donors (Lipinski definition) is 0. The highest BCUT2D eigenvalue weighted by atomic mass is 79.9. The molecule has 1 unspecified atom stereocenters. The summed E-state index contributed by atoms with van der Waals surface area (Å²) in [7, 11) is 1.94. The molecule has 13 heavy (non-hydrogen) atoms. The van der Waals surface area contributed by atoms with Crippen LogP contribution in [0.1, 0.15) is 25.6 Å². The maximum absolute atomic E-state index is 4.22. The molecule has 0 radical (unpaired) electrons. The summed E-state index contributed by atoms with van der Waals surface area (Å²) in [6.45, 7) is 2.21. The Morgan fingerprint density at radius 1 is 1.62 bits per heavy atom. The van der Waals surface area contributed by atoms with Gasteiger partial charge in [-0.15, -0.1) is 0 Å². The molecule has 0 fully saturated rings. The van der Waals surface area contributed by atoms with E-state index in [2.05, 4.69) is 32.9 Å². The van der Waals surface area contributed by atoms with Gasteiger partial charge in [-0.3, -0.25) is 4.68 Å². The summed E-state index contributed by atoms with van der Waals surface area (Å²) in [5, 5.41) is 5.10. The quantitative estimate of drug-likeness (QED) is 0.745. The van der Waals surface area contributed by atoms with E-state index in [4.69, 9.17) is 0 Å². The summed E-state index contributed by atoms with van der Waals surface area (Å²) in [6.07, 6.45) is 5.12. The fraction of sp³-hybridized carbons (Fsp3) is 0.778. The third-order valence-corrected chi connectivity index (χ3v) is 3.11. The standard InChI is InChI=1S/C9H16BrN3/c1-3-4-8(6-10)5-9-11-7-12-13(9)2/h7-8H,3-6H2,1-2H3. The third kappa shape index (κ3) is 3.10.